The highest BCUT2D eigenvalue weighted by molar-refractivity contribution is 7.92. The monoisotopic (exact) mass is 418 g/mol. The van der Waals surface area contributed by atoms with Crippen LogP contribution in [0.4, 0.5) is 11.4 Å². The summed E-state index contributed by atoms with van der Waals surface area (Å²) in [6.45, 7) is 3.30. The van der Waals surface area contributed by atoms with E-state index in [0.717, 1.165) is 16.9 Å². The topological polar surface area (TPSA) is 113 Å². The number of amides is 1. The van der Waals surface area contributed by atoms with Crippen LogP contribution in [0, 0.1) is 0 Å². The van der Waals surface area contributed by atoms with Gasteiger partial charge < -0.3 is 9.84 Å². The minimum absolute atomic E-state index is 0.101. The number of hydrogen-bond donors (Lipinski definition) is 2. The molecule has 1 aliphatic rings. The first-order valence-electron chi connectivity index (χ1n) is 9.13. The lowest BCUT2D eigenvalue weighted by Crippen LogP contribution is -2.42. The lowest BCUT2D eigenvalue weighted by atomic mass is 9.99. The van der Waals surface area contributed by atoms with Gasteiger partial charge in [-0.1, -0.05) is 26.0 Å². The van der Waals surface area contributed by atoms with Gasteiger partial charge in [0.2, 0.25) is 0 Å². The van der Waals surface area contributed by atoms with Gasteiger partial charge in [-0.25, -0.2) is 8.42 Å². The van der Waals surface area contributed by atoms with Crippen molar-refractivity contribution in [3.8, 4) is 5.75 Å². The molecular formula is C20H22N2O6S. The quantitative estimate of drug-likeness (QED) is 0.715. The van der Waals surface area contributed by atoms with Crippen molar-refractivity contribution in [2.75, 3.05) is 22.8 Å². The summed E-state index contributed by atoms with van der Waals surface area (Å²) >= 11 is 0. The van der Waals surface area contributed by atoms with Crippen LogP contribution in [0.15, 0.2) is 47.4 Å². The molecule has 0 aliphatic carbocycles. The Balaban J connectivity index is 1.89. The fraction of sp³-hybridized carbons (Fsp3) is 0.300. The number of nitrogens with one attached hydrogen (secondary N) is 1. The van der Waals surface area contributed by atoms with E-state index < -0.39 is 28.4 Å². The first-order valence-corrected chi connectivity index (χ1v) is 10.6. The Bertz CT molecular complexity index is 1030. The van der Waals surface area contributed by atoms with E-state index in [2.05, 4.69) is 18.6 Å². The van der Waals surface area contributed by atoms with Gasteiger partial charge in [0, 0.05) is 5.69 Å². The summed E-state index contributed by atoms with van der Waals surface area (Å²) in [6.07, 6.45) is 0.980. The van der Waals surface area contributed by atoms with Crippen LogP contribution in [0.2, 0.25) is 0 Å². The normalized spacial score (nSPS) is 14.7. The molecule has 2 aromatic rings. The smallest absolute Gasteiger partial charge is 0.323 e. The average Bonchev–Trinajstić information content (AvgIpc) is 2.69. The Labute approximate surface area is 169 Å². The SMILES string of the molecule is CCC(C)c1ccc(NS(=O)(=O)c2ccc3c(c2)N(CC(=O)O)C(=O)CO3)cc1. The molecule has 3 rings (SSSR count). The van der Waals surface area contributed by atoms with Gasteiger partial charge in [0.1, 0.15) is 12.3 Å². The molecule has 1 aliphatic heterocycles. The molecule has 0 fully saturated rings. The van der Waals surface area contributed by atoms with E-state index in [1.807, 2.05) is 12.1 Å². The van der Waals surface area contributed by atoms with E-state index in [-0.39, 0.29) is 22.9 Å². The predicted octanol–water partition coefficient (Wildman–Crippen LogP) is 2.81. The Kier molecular flexibility index (Phi) is 5.78. The number of fused-ring (bicyclic) bond motifs is 1. The number of aliphatic carboxylic acids is 1. The van der Waals surface area contributed by atoms with Crippen molar-refractivity contribution in [3.05, 3.63) is 48.0 Å². The minimum atomic E-state index is -3.95. The first-order chi connectivity index (χ1) is 13.7. The van der Waals surface area contributed by atoms with Crippen LogP contribution in [0.3, 0.4) is 0 Å². The summed E-state index contributed by atoms with van der Waals surface area (Å²) in [4.78, 5) is 24.0. The third-order valence-electron chi connectivity index (χ3n) is 4.82. The number of benzene rings is 2. The summed E-state index contributed by atoms with van der Waals surface area (Å²) in [5, 5.41) is 9.05. The number of carbonyl (C=O) groups is 2. The van der Waals surface area contributed by atoms with E-state index in [0.29, 0.717) is 11.6 Å². The Morgan fingerprint density at radius 1 is 1.24 bits per heavy atom. The highest BCUT2D eigenvalue weighted by Crippen LogP contribution is 2.34. The van der Waals surface area contributed by atoms with Crippen LogP contribution in [-0.2, 0) is 19.6 Å². The largest absolute Gasteiger partial charge is 0.482 e. The summed E-state index contributed by atoms with van der Waals surface area (Å²) in [5.74, 6) is -1.14. The Morgan fingerprint density at radius 2 is 1.93 bits per heavy atom. The molecule has 0 saturated carbocycles. The average molecular weight is 418 g/mol. The molecule has 29 heavy (non-hydrogen) atoms. The molecule has 1 atom stereocenters. The fourth-order valence-corrected chi connectivity index (χ4v) is 4.07. The van der Waals surface area contributed by atoms with Crippen molar-refractivity contribution in [2.24, 2.45) is 0 Å². The summed E-state index contributed by atoms with van der Waals surface area (Å²) in [7, 11) is -3.95. The van der Waals surface area contributed by atoms with E-state index >= 15 is 0 Å². The van der Waals surface area contributed by atoms with Crippen molar-refractivity contribution in [3.63, 3.8) is 0 Å². The van der Waals surface area contributed by atoms with Gasteiger partial charge in [-0.15, -0.1) is 0 Å². The number of carboxylic acids is 1. The Morgan fingerprint density at radius 3 is 2.55 bits per heavy atom. The molecule has 0 aromatic heterocycles. The predicted molar refractivity (Wildman–Crippen MR) is 108 cm³/mol. The van der Waals surface area contributed by atoms with Crippen LogP contribution in [-0.4, -0.2) is 38.6 Å². The molecule has 0 spiro atoms. The number of rotatable bonds is 7. The van der Waals surface area contributed by atoms with Crippen molar-refractivity contribution in [1.82, 2.24) is 0 Å². The summed E-state index contributed by atoms with van der Waals surface area (Å²) in [6, 6.07) is 11.1. The van der Waals surface area contributed by atoms with Gasteiger partial charge in [-0.3, -0.25) is 19.2 Å². The van der Waals surface area contributed by atoms with Crippen molar-refractivity contribution < 1.29 is 27.9 Å². The Hall–Kier alpha value is -3.07. The van der Waals surface area contributed by atoms with Crippen LogP contribution in [0.5, 0.6) is 5.75 Å². The number of sulfonamides is 1. The number of carbonyl (C=O) groups excluding carboxylic acids is 1. The number of hydrogen-bond acceptors (Lipinski definition) is 5. The zero-order valence-electron chi connectivity index (χ0n) is 16.1. The summed E-state index contributed by atoms with van der Waals surface area (Å²) < 4.78 is 33.4. The van der Waals surface area contributed by atoms with Gasteiger partial charge in [0.25, 0.3) is 15.9 Å². The molecule has 9 heteroatoms. The van der Waals surface area contributed by atoms with Gasteiger partial charge >= 0.3 is 5.97 Å². The standard InChI is InChI=1S/C20H22N2O6S/c1-3-13(2)14-4-6-15(7-5-14)21-29(26,27)16-8-9-18-17(10-16)22(11-20(24)25)19(23)12-28-18/h4-10,13,21H,3,11-12H2,1-2H3,(H,24,25). The van der Waals surface area contributed by atoms with Crippen molar-refractivity contribution >= 4 is 33.3 Å². The summed E-state index contributed by atoms with van der Waals surface area (Å²) in [5.41, 5.74) is 1.63. The van der Waals surface area contributed by atoms with Gasteiger partial charge in [-0.05, 0) is 48.2 Å². The molecular weight excluding hydrogens is 396 g/mol. The molecule has 2 aromatic carbocycles. The number of carboxylic acid groups (broad SMARTS) is 1. The van der Waals surface area contributed by atoms with Crippen molar-refractivity contribution in [1.29, 1.82) is 0 Å². The fourth-order valence-electron chi connectivity index (χ4n) is 2.99. The van der Waals surface area contributed by atoms with Crippen LogP contribution >= 0.6 is 0 Å². The minimum Gasteiger partial charge on any atom is -0.482 e. The molecule has 1 amide bonds. The van der Waals surface area contributed by atoms with Gasteiger partial charge in [0.15, 0.2) is 6.61 Å². The third-order valence-corrected chi connectivity index (χ3v) is 6.20. The molecule has 0 saturated heterocycles. The van der Waals surface area contributed by atoms with Crippen LogP contribution in [0.25, 0.3) is 0 Å². The second-order valence-electron chi connectivity index (χ2n) is 6.83. The maximum Gasteiger partial charge on any atom is 0.323 e. The van der Waals surface area contributed by atoms with E-state index in [4.69, 9.17) is 9.84 Å². The van der Waals surface area contributed by atoms with Crippen LogP contribution < -0.4 is 14.4 Å². The van der Waals surface area contributed by atoms with Gasteiger partial charge in [-0.2, -0.15) is 0 Å². The lowest BCUT2D eigenvalue weighted by Gasteiger charge is -2.28. The van der Waals surface area contributed by atoms with E-state index in [9.17, 15) is 18.0 Å². The first kappa shape index (κ1) is 20.7. The highest BCUT2D eigenvalue weighted by atomic mass is 32.2. The maximum atomic E-state index is 12.8. The molecule has 154 valence electrons. The van der Waals surface area contributed by atoms with E-state index in [1.165, 1.54) is 18.2 Å². The molecule has 8 nitrogen and oxygen atoms in total. The zero-order valence-corrected chi connectivity index (χ0v) is 16.9. The zero-order chi connectivity index (χ0) is 21.2. The van der Waals surface area contributed by atoms with Crippen LogP contribution in [0.1, 0.15) is 31.7 Å². The number of anilines is 2. The third kappa shape index (κ3) is 4.51. The van der Waals surface area contributed by atoms with Gasteiger partial charge in [0.05, 0.1) is 10.6 Å². The molecule has 0 radical (unpaired) electrons. The van der Waals surface area contributed by atoms with Crippen molar-refractivity contribution in [2.45, 2.75) is 31.1 Å². The second-order valence-corrected chi connectivity index (χ2v) is 8.51. The lowest BCUT2D eigenvalue weighted by molar-refractivity contribution is -0.137. The second kappa shape index (κ2) is 8.12. The maximum absolute atomic E-state index is 12.8. The number of ether oxygens (including phenoxy) is 1. The molecule has 1 heterocycles. The molecule has 0 bridgehead atoms. The highest BCUT2D eigenvalue weighted by Gasteiger charge is 2.29. The van der Waals surface area contributed by atoms with E-state index in [1.54, 1.807) is 12.1 Å². The molecule has 1 unspecified atom stereocenters. The number of nitrogens with zero attached hydrogens (tertiary/aromatic N) is 1. The molecule has 2 N–H and O–H groups in total.